The summed E-state index contributed by atoms with van der Waals surface area (Å²) in [6.07, 6.45) is 0. The van der Waals surface area contributed by atoms with E-state index in [4.69, 9.17) is 10.5 Å². The average molecular weight is 419 g/mol. The minimum Gasteiger partial charge on any atom is -0.459 e. The minimum atomic E-state index is -3.88. The largest absolute Gasteiger partial charge is 0.459 e. The van der Waals surface area contributed by atoms with E-state index in [1.165, 1.54) is 12.1 Å². The van der Waals surface area contributed by atoms with E-state index in [0.29, 0.717) is 6.54 Å². The van der Waals surface area contributed by atoms with Crippen LogP contribution in [0, 0.1) is 5.92 Å². The summed E-state index contributed by atoms with van der Waals surface area (Å²) in [6.45, 7) is 9.24. The molecule has 158 valence electrons. The third kappa shape index (κ3) is 6.39. The Hall–Kier alpha value is -2.22. The molecule has 0 aliphatic carbocycles. The van der Waals surface area contributed by atoms with Crippen LogP contribution in [0.5, 0.6) is 0 Å². The maximum absolute atomic E-state index is 12.8. The van der Waals surface area contributed by atoms with Crippen molar-refractivity contribution in [3.05, 3.63) is 54.1 Å². The fourth-order valence-corrected chi connectivity index (χ4v) is 4.05. The number of ether oxygens (including phenoxy) is 1. The number of benzene rings is 2. The van der Waals surface area contributed by atoms with Gasteiger partial charge >= 0.3 is 5.97 Å². The molecule has 7 heteroatoms. The van der Waals surface area contributed by atoms with Crippen LogP contribution >= 0.6 is 0 Å². The molecule has 0 saturated carbocycles. The lowest BCUT2D eigenvalue weighted by Gasteiger charge is -2.26. The van der Waals surface area contributed by atoms with Gasteiger partial charge in [-0.15, -0.1) is 0 Å². The van der Waals surface area contributed by atoms with Crippen LogP contribution in [0.1, 0.15) is 40.2 Å². The second-order valence-corrected chi connectivity index (χ2v) is 10.0. The zero-order chi connectivity index (χ0) is 21.8. The van der Waals surface area contributed by atoms with Crippen molar-refractivity contribution < 1.29 is 17.9 Å². The number of nitrogens with two attached hydrogens (primary N) is 1. The molecule has 2 aromatic carbocycles. The first-order valence-corrected chi connectivity index (χ1v) is 11.1. The fourth-order valence-electron chi connectivity index (χ4n) is 2.72. The van der Waals surface area contributed by atoms with Gasteiger partial charge in [-0.1, -0.05) is 50.2 Å². The monoisotopic (exact) mass is 418 g/mol. The first-order valence-electron chi connectivity index (χ1n) is 9.57. The summed E-state index contributed by atoms with van der Waals surface area (Å²) in [5, 5.41) is 0. The average Bonchev–Trinajstić information content (AvgIpc) is 2.64. The summed E-state index contributed by atoms with van der Waals surface area (Å²) in [6, 6.07) is 13.3. The van der Waals surface area contributed by atoms with Crippen molar-refractivity contribution in [1.82, 2.24) is 4.72 Å². The van der Waals surface area contributed by atoms with Crippen LogP contribution < -0.4 is 10.5 Å². The molecular formula is C22H30N2O4S. The number of esters is 1. The summed E-state index contributed by atoms with van der Waals surface area (Å²) in [4.78, 5) is 12.5. The van der Waals surface area contributed by atoms with E-state index in [0.717, 1.165) is 16.7 Å². The number of hydrogen-bond acceptors (Lipinski definition) is 5. The molecule has 1 atom stereocenters. The Balaban J connectivity index is 2.21. The molecule has 0 aliphatic rings. The summed E-state index contributed by atoms with van der Waals surface area (Å²) >= 11 is 0. The van der Waals surface area contributed by atoms with Gasteiger partial charge in [0.05, 0.1) is 4.90 Å². The molecule has 0 fully saturated rings. The van der Waals surface area contributed by atoms with E-state index in [1.54, 1.807) is 46.8 Å². The number of sulfonamides is 1. The van der Waals surface area contributed by atoms with E-state index >= 15 is 0 Å². The van der Waals surface area contributed by atoms with E-state index in [1.807, 2.05) is 24.3 Å². The predicted molar refractivity (Wildman–Crippen MR) is 115 cm³/mol. The lowest BCUT2D eigenvalue weighted by atomic mass is 10.0. The van der Waals surface area contributed by atoms with Gasteiger partial charge in [-0.05, 0) is 55.5 Å². The minimum absolute atomic E-state index is 0.0917. The van der Waals surface area contributed by atoms with Crippen LogP contribution in [0.3, 0.4) is 0 Å². The molecule has 0 bridgehead atoms. The summed E-state index contributed by atoms with van der Waals surface area (Å²) in [5.74, 6) is -0.854. The fraction of sp³-hybridized carbons (Fsp3) is 0.409. The van der Waals surface area contributed by atoms with E-state index in [9.17, 15) is 13.2 Å². The molecule has 0 amide bonds. The van der Waals surface area contributed by atoms with Gasteiger partial charge in [0.25, 0.3) is 0 Å². The van der Waals surface area contributed by atoms with Crippen molar-refractivity contribution in [1.29, 1.82) is 0 Å². The van der Waals surface area contributed by atoms with Crippen LogP contribution in [0.2, 0.25) is 0 Å². The Morgan fingerprint density at radius 2 is 1.48 bits per heavy atom. The van der Waals surface area contributed by atoms with Crippen molar-refractivity contribution in [3.63, 3.8) is 0 Å². The van der Waals surface area contributed by atoms with Gasteiger partial charge < -0.3 is 10.5 Å². The molecule has 0 radical (unpaired) electrons. The number of nitrogens with one attached hydrogen (secondary N) is 1. The van der Waals surface area contributed by atoms with Crippen LogP contribution in [0.25, 0.3) is 11.1 Å². The van der Waals surface area contributed by atoms with Crippen LogP contribution in [0.15, 0.2) is 53.4 Å². The second-order valence-electron chi connectivity index (χ2n) is 8.30. The van der Waals surface area contributed by atoms with Gasteiger partial charge in [0.15, 0.2) is 0 Å². The molecule has 0 unspecified atom stereocenters. The maximum Gasteiger partial charge on any atom is 0.324 e. The predicted octanol–water partition coefficient (Wildman–Crippen LogP) is 3.46. The molecule has 2 aromatic rings. The summed E-state index contributed by atoms with van der Waals surface area (Å²) in [5.41, 5.74) is 7.80. The molecule has 3 N–H and O–H groups in total. The van der Waals surface area contributed by atoms with Crippen molar-refractivity contribution in [3.8, 4) is 11.1 Å². The Morgan fingerprint density at radius 1 is 1.00 bits per heavy atom. The highest BCUT2D eigenvalue weighted by Gasteiger charge is 2.32. The standard InChI is InChI=1S/C22H30N2O4S/c1-15(2)20(21(25)28-22(3,4)5)24-29(26,27)19-12-10-18(11-13-19)17-8-6-16(14-23)7-9-17/h6-13,15,20,24H,14,23H2,1-5H3/t20-/m1/s1. The molecule has 6 nitrogen and oxygen atoms in total. The number of hydrogen-bond donors (Lipinski definition) is 2. The molecule has 2 rings (SSSR count). The molecule has 0 saturated heterocycles. The number of rotatable bonds is 7. The lowest BCUT2D eigenvalue weighted by Crippen LogP contribution is -2.47. The van der Waals surface area contributed by atoms with Gasteiger partial charge in [0.2, 0.25) is 10.0 Å². The van der Waals surface area contributed by atoms with Crippen LogP contribution in [0.4, 0.5) is 0 Å². The van der Waals surface area contributed by atoms with E-state index < -0.39 is 27.6 Å². The van der Waals surface area contributed by atoms with Crippen molar-refractivity contribution in [2.45, 2.75) is 57.7 Å². The van der Waals surface area contributed by atoms with Crippen molar-refractivity contribution in [2.75, 3.05) is 0 Å². The van der Waals surface area contributed by atoms with Crippen molar-refractivity contribution in [2.24, 2.45) is 11.7 Å². The molecule has 0 heterocycles. The number of carbonyl (C=O) groups excluding carboxylic acids is 1. The highest BCUT2D eigenvalue weighted by molar-refractivity contribution is 7.89. The summed E-state index contributed by atoms with van der Waals surface area (Å²) < 4.78 is 33.5. The highest BCUT2D eigenvalue weighted by Crippen LogP contribution is 2.22. The van der Waals surface area contributed by atoms with E-state index in [-0.39, 0.29) is 10.8 Å². The summed E-state index contributed by atoms with van der Waals surface area (Å²) in [7, 11) is -3.88. The van der Waals surface area contributed by atoms with Crippen LogP contribution in [-0.2, 0) is 26.1 Å². The van der Waals surface area contributed by atoms with Gasteiger partial charge in [-0.25, -0.2) is 8.42 Å². The van der Waals surface area contributed by atoms with Gasteiger partial charge in [-0.2, -0.15) is 4.72 Å². The molecule has 29 heavy (non-hydrogen) atoms. The quantitative estimate of drug-likeness (QED) is 0.671. The highest BCUT2D eigenvalue weighted by atomic mass is 32.2. The number of carbonyl (C=O) groups is 1. The Morgan fingerprint density at radius 3 is 1.90 bits per heavy atom. The molecule has 0 aromatic heterocycles. The van der Waals surface area contributed by atoms with Gasteiger partial charge in [0.1, 0.15) is 11.6 Å². The molecular weight excluding hydrogens is 388 g/mol. The Labute approximate surface area is 173 Å². The van der Waals surface area contributed by atoms with Crippen molar-refractivity contribution >= 4 is 16.0 Å². The topological polar surface area (TPSA) is 98.5 Å². The first kappa shape index (κ1) is 23.1. The second kappa shape index (κ2) is 9.07. The smallest absolute Gasteiger partial charge is 0.324 e. The van der Waals surface area contributed by atoms with E-state index in [2.05, 4.69) is 4.72 Å². The van der Waals surface area contributed by atoms with Gasteiger partial charge in [0, 0.05) is 6.54 Å². The zero-order valence-electron chi connectivity index (χ0n) is 17.6. The first-order chi connectivity index (χ1) is 13.4. The Bertz CT molecular complexity index is 928. The molecule has 0 spiro atoms. The van der Waals surface area contributed by atoms with Gasteiger partial charge in [-0.3, -0.25) is 4.79 Å². The SMILES string of the molecule is CC(C)[C@@H](NS(=O)(=O)c1ccc(-c2ccc(CN)cc2)cc1)C(=O)OC(C)(C)C. The van der Waals surface area contributed by atoms with Crippen LogP contribution in [-0.4, -0.2) is 26.0 Å². The third-order valence-corrected chi connectivity index (χ3v) is 5.75. The Kier molecular flexibility index (Phi) is 7.21. The normalized spacial score (nSPS) is 13.3. The maximum atomic E-state index is 12.8. The third-order valence-electron chi connectivity index (χ3n) is 4.30. The zero-order valence-corrected chi connectivity index (χ0v) is 18.4. The molecule has 0 aliphatic heterocycles. The lowest BCUT2D eigenvalue weighted by molar-refractivity contribution is -0.158.